The second-order valence-electron chi connectivity index (χ2n) is 4.01. The Balaban J connectivity index is 2.30. The summed E-state index contributed by atoms with van der Waals surface area (Å²) in [6.45, 7) is 1.70. The van der Waals surface area contributed by atoms with Gasteiger partial charge in [0.1, 0.15) is 10.7 Å². The number of anilines is 1. The van der Waals surface area contributed by atoms with Gasteiger partial charge in [0.2, 0.25) is 0 Å². The molecule has 0 aliphatic rings. The van der Waals surface area contributed by atoms with Crippen LogP contribution >= 0.6 is 27.3 Å². The molecule has 1 amide bonds. The minimum Gasteiger partial charge on any atom is -0.477 e. The highest BCUT2D eigenvalue weighted by Crippen LogP contribution is 2.28. The molecule has 104 valence electrons. The number of amides is 1. The first-order valence-electron chi connectivity index (χ1n) is 5.48. The standard InChI is InChI=1S/C13H9BrFNO3S/c1-6-5-20-11(13(18)19)10(6)16-12(17)7-2-3-8(14)9(15)4-7/h2-5H,1H3,(H,16,17)(H,18,19). The van der Waals surface area contributed by atoms with Crippen LogP contribution in [0.3, 0.4) is 0 Å². The molecule has 0 radical (unpaired) electrons. The van der Waals surface area contributed by atoms with Crippen molar-refractivity contribution < 1.29 is 19.1 Å². The zero-order valence-electron chi connectivity index (χ0n) is 10.2. The van der Waals surface area contributed by atoms with Gasteiger partial charge in [-0.3, -0.25) is 4.79 Å². The molecule has 1 heterocycles. The first-order valence-corrected chi connectivity index (χ1v) is 7.15. The van der Waals surface area contributed by atoms with Crippen molar-refractivity contribution in [1.82, 2.24) is 0 Å². The number of halogens is 2. The normalized spacial score (nSPS) is 10.3. The van der Waals surface area contributed by atoms with E-state index in [1.54, 1.807) is 12.3 Å². The molecule has 1 aromatic heterocycles. The Morgan fingerprint density at radius 3 is 2.70 bits per heavy atom. The van der Waals surface area contributed by atoms with E-state index < -0.39 is 17.7 Å². The number of aromatic carboxylic acids is 1. The molecule has 0 spiro atoms. The maximum absolute atomic E-state index is 13.4. The molecular formula is C13H9BrFNO3S. The Hall–Kier alpha value is -1.73. The molecule has 1 aromatic carbocycles. The lowest BCUT2D eigenvalue weighted by Gasteiger charge is -2.07. The van der Waals surface area contributed by atoms with Crippen LogP contribution in [0.25, 0.3) is 0 Å². The van der Waals surface area contributed by atoms with Gasteiger partial charge in [-0.15, -0.1) is 11.3 Å². The summed E-state index contributed by atoms with van der Waals surface area (Å²) < 4.78 is 13.6. The van der Waals surface area contributed by atoms with E-state index in [1.807, 2.05) is 0 Å². The number of carboxylic acid groups (broad SMARTS) is 1. The first-order chi connectivity index (χ1) is 9.40. The third kappa shape index (κ3) is 2.88. The number of thiophene rings is 1. The summed E-state index contributed by atoms with van der Waals surface area (Å²) in [4.78, 5) is 23.1. The van der Waals surface area contributed by atoms with Gasteiger partial charge >= 0.3 is 5.97 Å². The van der Waals surface area contributed by atoms with Crippen LogP contribution in [-0.2, 0) is 0 Å². The number of aryl methyl sites for hydroxylation is 1. The van der Waals surface area contributed by atoms with Gasteiger partial charge in [-0.25, -0.2) is 9.18 Å². The maximum atomic E-state index is 13.4. The van der Waals surface area contributed by atoms with Crippen molar-refractivity contribution >= 4 is 44.8 Å². The summed E-state index contributed by atoms with van der Waals surface area (Å²) in [5.41, 5.74) is 1.02. The maximum Gasteiger partial charge on any atom is 0.348 e. The van der Waals surface area contributed by atoms with Gasteiger partial charge in [-0.2, -0.15) is 0 Å². The predicted molar refractivity (Wildman–Crippen MR) is 78.1 cm³/mol. The summed E-state index contributed by atoms with van der Waals surface area (Å²) in [5.74, 6) is -2.22. The second kappa shape index (κ2) is 5.72. The summed E-state index contributed by atoms with van der Waals surface area (Å²) in [7, 11) is 0. The zero-order valence-corrected chi connectivity index (χ0v) is 12.6. The zero-order chi connectivity index (χ0) is 14.9. The molecule has 0 fully saturated rings. The molecule has 0 aliphatic carbocycles. The summed E-state index contributed by atoms with van der Waals surface area (Å²) in [6.07, 6.45) is 0. The van der Waals surface area contributed by atoms with Gasteiger partial charge in [0.15, 0.2) is 0 Å². The van der Waals surface area contributed by atoms with Gasteiger partial charge in [-0.05, 0) is 52.0 Å². The highest BCUT2D eigenvalue weighted by molar-refractivity contribution is 9.10. The fourth-order valence-corrected chi connectivity index (χ4v) is 2.67. The molecule has 2 N–H and O–H groups in total. The number of benzene rings is 1. The van der Waals surface area contributed by atoms with E-state index in [4.69, 9.17) is 5.11 Å². The Morgan fingerprint density at radius 2 is 2.10 bits per heavy atom. The van der Waals surface area contributed by atoms with Crippen molar-refractivity contribution in [2.45, 2.75) is 6.92 Å². The van der Waals surface area contributed by atoms with Crippen LogP contribution in [0.1, 0.15) is 25.6 Å². The Bertz CT molecular complexity index is 699. The average Bonchev–Trinajstić information content (AvgIpc) is 2.74. The lowest BCUT2D eigenvalue weighted by atomic mass is 10.2. The number of hydrogen-bond donors (Lipinski definition) is 2. The minimum atomic E-state index is -1.11. The van der Waals surface area contributed by atoms with Crippen molar-refractivity contribution in [3.63, 3.8) is 0 Å². The van der Waals surface area contributed by atoms with Gasteiger partial charge in [-0.1, -0.05) is 0 Å². The van der Waals surface area contributed by atoms with Crippen LogP contribution < -0.4 is 5.32 Å². The summed E-state index contributed by atoms with van der Waals surface area (Å²) in [5, 5.41) is 13.2. The molecule has 20 heavy (non-hydrogen) atoms. The number of hydrogen-bond acceptors (Lipinski definition) is 3. The molecule has 2 aromatic rings. The molecule has 0 atom stereocenters. The smallest absolute Gasteiger partial charge is 0.348 e. The van der Waals surface area contributed by atoms with E-state index in [9.17, 15) is 14.0 Å². The van der Waals surface area contributed by atoms with Crippen molar-refractivity contribution in [2.75, 3.05) is 5.32 Å². The van der Waals surface area contributed by atoms with E-state index in [1.165, 1.54) is 12.1 Å². The molecule has 2 rings (SSSR count). The van der Waals surface area contributed by atoms with E-state index in [-0.39, 0.29) is 20.6 Å². The fourth-order valence-electron chi connectivity index (χ4n) is 1.58. The molecule has 0 bridgehead atoms. The molecule has 7 heteroatoms. The predicted octanol–water partition coefficient (Wildman–Crippen LogP) is 3.91. The molecule has 4 nitrogen and oxygen atoms in total. The van der Waals surface area contributed by atoms with Crippen LogP contribution in [-0.4, -0.2) is 17.0 Å². The molecule has 0 unspecified atom stereocenters. The largest absolute Gasteiger partial charge is 0.477 e. The van der Waals surface area contributed by atoms with Crippen LogP contribution in [0, 0.1) is 12.7 Å². The van der Waals surface area contributed by atoms with E-state index in [2.05, 4.69) is 21.2 Å². The number of carbonyl (C=O) groups excluding carboxylic acids is 1. The first kappa shape index (κ1) is 14.7. The average molecular weight is 358 g/mol. The topological polar surface area (TPSA) is 66.4 Å². The van der Waals surface area contributed by atoms with E-state index in [0.717, 1.165) is 17.4 Å². The highest BCUT2D eigenvalue weighted by Gasteiger charge is 2.18. The Kier molecular flexibility index (Phi) is 4.20. The minimum absolute atomic E-state index is 0.0495. The Labute approximate surface area is 126 Å². The SMILES string of the molecule is Cc1csc(C(=O)O)c1NC(=O)c1ccc(Br)c(F)c1. The lowest BCUT2D eigenvalue weighted by Crippen LogP contribution is -2.14. The second-order valence-corrected chi connectivity index (χ2v) is 5.74. The molecule has 0 saturated carbocycles. The van der Waals surface area contributed by atoms with E-state index in [0.29, 0.717) is 5.56 Å². The van der Waals surface area contributed by atoms with Crippen LogP contribution in [0.4, 0.5) is 10.1 Å². The Morgan fingerprint density at radius 1 is 1.40 bits per heavy atom. The van der Waals surface area contributed by atoms with Gasteiger partial charge in [0.25, 0.3) is 5.91 Å². The van der Waals surface area contributed by atoms with Crippen LogP contribution in [0.5, 0.6) is 0 Å². The fraction of sp³-hybridized carbons (Fsp3) is 0.0769. The number of carbonyl (C=O) groups is 2. The van der Waals surface area contributed by atoms with E-state index >= 15 is 0 Å². The van der Waals surface area contributed by atoms with Gasteiger partial charge in [0, 0.05) is 5.56 Å². The van der Waals surface area contributed by atoms with Crippen molar-refractivity contribution in [3.05, 3.63) is 49.9 Å². The highest BCUT2D eigenvalue weighted by atomic mass is 79.9. The third-order valence-corrected chi connectivity index (χ3v) is 4.32. The molecule has 0 aliphatic heterocycles. The quantitative estimate of drug-likeness (QED) is 0.874. The number of carboxylic acids is 1. The van der Waals surface area contributed by atoms with Crippen molar-refractivity contribution in [2.24, 2.45) is 0 Å². The van der Waals surface area contributed by atoms with Crippen molar-refractivity contribution in [1.29, 1.82) is 0 Å². The molecule has 0 saturated heterocycles. The van der Waals surface area contributed by atoms with Crippen LogP contribution in [0.15, 0.2) is 28.1 Å². The number of rotatable bonds is 3. The third-order valence-electron chi connectivity index (χ3n) is 2.59. The molecular weight excluding hydrogens is 349 g/mol. The monoisotopic (exact) mass is 357 g/mol. The van der Waals surface area contributed by atoms with Gasteiger partial charge in [0.05, 0.1) is 10.2 Å². The number of nitrogens with one attached hydrogen (secondary N) is 1. The van der Waals surface area contributed by atoms with Crippen molar-refractivity contribution in [3.8, 4) is 0 Å². The summed E-state index contributed by atoms with van der Waals surface area (Å²) in [6, 6.07) is 3.95. The lowest BCUT2D eigenvalue weighted by molar-refractivity contribution is 0.0703. The summed E-state index contributed by atoms with van der Waals surface area (Å²) >= 11 is 4.03. The van der Waals surface area contributed by atoms with Crippen LogP contribution in [0.2, 0.25) is 0 Å². The van der Waals surface area contributed by atoms with Gasteiger partial charge < -0.3 is 10.4 Å².